The summed E-state index contributed by atoms with van der Waals surface area (Å²) >= 11 is 0. The molecular formula is C17H15FN6. The van der Waals surface area contributed by atoms with E-state index >= 15 is 0 Å². The van der Waals surface area contributed by atoms with Gasteiger partial charge >= 0.3 is 0 Å². The van der Waals surface area contributed by atoms with Crippen molar-refractivity contribution in [1.82, 2.24) is 19.9 Å². The van der Waals surface area contributed by atoms with Crippen molar-refractivity contribution in [2.75, 3.05) is 23.9 Å². The number of H-pyrrole nitrogens is 1. The number of nitrogens with one attached hydrogen (secondary N) is 3. The van der Waals surface area contributed by atoms with Gasteiger partial charge in [-0.3, -0.25) is 4.98 Å². The van der Waals surface area contributed by atoms with E-state index in [2.05, 4.69) is 30.6 Å². The highest BCUT2D eigenvalue weighted by molar-refractivity contribution is 6.05. The van der Waals surface area contributed by atoms with Crippen LogP contribution < -0.4 is 10.6 Å². The molecule has 0 radical (unpaired) electrons. The lowest BCUT2D eigenvalue weighted by Gasteiger charge is -2.07. The molecule has 120 valence electrons. The molecule has 4 rings (SSSR count). The first-order valence-electron chi connectivity index (χ1n) is 7.59. The van der Waals surface area contributed by atoms with E-state index in [0.717, 1.165) is 27.6 Å². The fraction of sp³-hybridized carbons (Fsp3) is 0.118. The molecule has 24 heavy (non-hydrogen) atoms. The van der Waals surface area contributed by atoms with E-state index in [0.29, 0.717) is 11.6 Å². The lowest BCUT2D eigenvalue weighted by atomic mass is 10.2. The number of hydrogen-bond acceptors (Lipinski definition) is 5. The van der Waals surface area contributed by atoms with Crippen LogP contribution in [0, 0.1) is 0 Å². The predicted molar refractivity (Wildman–Crippen MR) is 93.4 cm³/mol. The molecule has 0 aromatic carbocycles. The number of rotatable bonds is 5. The van der Waals surface area contributed by atoms with Gasteiger partial charge in [-0.2, -0.15) is 0 Å². The summed E-state index contributed by atoms with van der Waals surface area (Å²) in [5.74, 6) is 1.37. The minimum absolute atomic E-state index is 0.280. The highest BCUT2D eigenvalue weighted by Gasteiger charge is 2.06. The van der Waals surface area contributed by atoms with Crippen molar-refractivity contribution in [3.63, 3.8) is 0 Å². The Balaban J connectivity index is 1.59. The molecule has 0 unspecified atom stereocenters. The Morgan fingerprint density at radius 1 is 1.00 bits per heavy atom. The van der Waals surface area contributed by atoms with Crippen molar-refractivity contribution in [3.05, 3.63) is 48.9 Å². The van der Waals surface area contributed by atoms with Crippen LogP contribution in [0.5, 0.6) is 0 Å². The van der Waals surface area contributed by atoms with Gasteiger partial charge in [0.1, 0.15) is 24.0 Å². The van der Waals surface area contributed by atoms with E-state index < -0.39 is 6.67 Å². The van der Waals surface area contributed by atoms with Crippen LogP contribution in [0.1, 0.15) is 0 Å². The second-order valence-electron chi connectivity index (χ2n) is 5.31. The number of anilines is 3. The number of alkyl halides is 1. The first kappa shape index (κ1) is 14.4. The molecule has 4 aromatic heterocycles. The van der Waals surface area contributed by atoms with Crippen molar-refractivity contribution in [2.24, 2.45) is 0 Å². The molecule has 0 amide bonds. The number of fused-ring (bicyclic) bond motifs is 3. The van der Waals surface area contributed by atoms with Crippen LogP contribution >= 0.6 is 0 Å². The van der Waals surface area contributed by atoms with Gasteiger partial charge in [0.25, 0.3) is 0 Å². The topological polar surface area (TPSA) is 78.5 Å². The molecule has 0 atom stereocenters. The molecule has 0 aliphatic rings. The van der Waals surface area contributed by atoms with Gasteiger partial charge in [0, 0.05) is 29.7 Å². The van der Waals surface area contributed by atoms with E-state index in [1.165, 1.54) is 0 Å². The smallest absolute Gasteiger partial charge is 0.140 e. The first-order chi connectivity index (χ1) is 11.8. The third-order valence-electron chi connectivity index (χ3n) is 3.70. The SMILES string of the molecule is FCCNc1ccc(Nc2ccc3c(n2)[nH]c2ccncc23)nc1. The number of nitrogens with zero attached hydrogens (tertiary/aromatic N) is 3. The summed E-state index contributed by atoms with van der Waals surface area (Å²) in [7, 11) is 0. The number of pyridine rings is 3. The van der Waals surface area contributed by atoms with E-state index in [-0.39, 0.29) is 6.54 Å². The Morgan fingerprint density at radius 3 is 2.75 bits per heavy atom. The third kappa shape index (κ3) is 2.71. The van der Waals surface area contributed by atoms with Crippen LogP contribution in [0.4, 0.5) is 21.7 Å². The average molecular weight is 322 g/mol. The first-order valence-corrected chi connectivity index (χ1v) is 7.59. The summed E-state index contributed by atoms with van der Waals surface area (Å²) in [5.41, 5.74) is 2.58. The summed E-state index contributed by atoms with van der Waals surface area (Å²) in [6.07, 6.45) is 5.23. The lowest BCUT2D eigenvalue weighted by molar-refractivity contribution is 0.513. The maximum absolute atomic E-state index is 12.1. The molecule has 0 spiro atoms. The van der Waals surface area contributed by atoms with Gasteiger partial charge in [0.15, 0.2) is 0 Å². The fourth-order valence-corrected chi connectivity index (χ4v) is 2.58. The zero-order valence-corrected chi connectivity index (χ0v) is 12.8. The Labute approximate surface area is 137 Å². The molecule has 7 heteroatoms. The van der Waals surface area contributed by atoms with Gasteiger partial charge in [-0.25, -0.2) is 14.4 Å². The van der Waals surface area contributed by atoms with Crippen LogP contribution in [-0.4, -0.2) is 33.2 Å². The molecular weight excluding hydrogens is 307 g/mol. The number of halogens is 1. The normalized spacial score (nSPS) is 11.0. The summed E-state index contributed by atoms with van der Waals surface area (Å²) in [5, 5.41) is 8.18. The van der Waals surface area contributed by atoms with Crippen LogP contribution in [0.15, 0.2) is 48.9 Å². The molecule has 4 aromatic rings. The average Bonchev–Trinajstić information content (AvgIpc) is 2.99. The van der Waals surface area contributed by atoms with Crippen LogP contribution in [0.3, 0.4) is 0 Å². The largest absolute Gasteiger partial charge is 0.381 e. The van der Waals surface area contributed by atoms with Gasteiger partial charge in [-0.05, 0) is 30.3 Å². The molecule has 6 nitrogen and oxygen atoms in total. The quantitative estimate of drug-likeness (QED) is 0.523. The zero-order chi connectivity index (χ0) is 16.4. The molecule has 3 N–H and O–H groups in total. The van der Waals surface area contributed by atoms with E-state index in [1.807, 2.05) is 36.5 Å². The Hall–Kier alpha value is -3.22. The zero-order valence-electron chi connectivity index (χ0n) is 12.8. The number of aromatic nitrogens is 4. The molecule has 0 fully saturated rings. The lowest BCUT2D eigenvalue weighted by Crippen LogP contribution is -2.03. The van der Waals surface area contributed by atoms with Crippen molar-refractivity contribution >= 4 is 39.3 Å². The Kier molecular flexibility index (Phi) is 3.66. The molecule has 0 bridgehead atoms. The molecule has 4 heterocycles. The van der Waals surface area contributed by atoms with Crippen LogP contribution in [0.25, 0.3) is 21.9 Å². The highest BCUT2D eigenvalue weighted by atomic mass is 19.1. The minimum Gasteiger partial charge on any atom is -0.381 e. The van der Waals surface area contributed by atoms with Crippen LogP contribution in [-0.2, 0) is 0 Å². The van der Waals surface area contributed by atoms with Gasteiger partial charge in [0.2, 0.25) is 0 Å². The van der Waals surface area contributed by atoms with E-state index in [4.69, 9.17) is 0 Å². The molecule has 0 aliphatic carbocycles. The van der Waals surface area contributed by atoms with Gasteiger partial charge < -0.3 is 15.6 Å². The third-order valence-corrected chi connectivity index (χ3v) is 3.70. The van der Waals surface area contributed by atoms with Crippen molar-refractivity contribution in [1.29, 1.82) is 0 Å². The van der Waals surface area contributed by atoms with Crippen molar-refractivity contribution < 1.29 is 4.39 Å². The Morgan fingerprint density at radius 2 is 1.92 bits per heavy atom. The predicted octanol–water partition coefficient (Wildman–Crippen LogP) is 3.63. The fourth-order valence-electron chi connectivity index (χ4n) is 2.58. The maximum atomic E-state index is 12.1. The molecule has 0 aliphatic heterocycles. The van der Waals surface area contributed by atoms with Crippen LogP contribution in [0.2, 0.25) is 0 Å². The van der Waals surface area contributed by atoms with E-state index in [1.54, 1.807) is 12.4 Å². The summed E-state index contributed by atoms with van der Waals surface area (Å²) < 4.78 is 12.1. The summed E-state index contributed by atoms with van der Waals surface area (Å²) in [4.78, 5) is 16.3. The number of hydrogen-bond donors (Lipinski definition) is 3. The highest BCUT2D eigenvalue weighted by Crippen LogP contribution is 2.25. The summed E-state index contributed by atoms with van der Waals surface area (Å²) in [6.45, 7) is -0.133. The Bertz CT molecular complexity index is 979. The van der Waals surface area contributed by atoms with Crippen molar-refractivity contribution in [3.8, 4) is 0 Å². The maximum Gasteiger partial charge on any atom is 0.140 e. The number of aromatic amines is 1. The molecule has 0 saturated heterocycles. The second-order valence-corrected chi connectivity index (χ2v) is 5.31. The summed E-state index contributed by atoms with van der Waals surface area (Å²) in [6, 6.07) is 9.50. The monoisotopic (exact) mass is 322 g/mol. The van der Waals surface area contributed by atoms with Gasteiger partial charge in [-0.15, -0.1) is 0 Å². The standard InChI is InChI=1S/C17H15FN6/c18-6-8-20-11-1-3-15(21-9-11)23-16-4-2-12-13-10-19-7-5-14(13)22-17(12)24-16/h1-5,7,9-10,20H,6,8H2,(H2,21,22,23,24). The minimum atomic E-state index is -0.413. The van der Waals surface area contributed by atoms with Gasteiger partial charge in [0.05, 0.1) is 17.4 Å². The van der Waals surface area contributed by atoms with Crippen molar-refractivity contribution in [2.45, 2.75) is 0 Å². The second kappa shape index (κ2) is 6.11. The van der Waals surface area contributed by atoms with E-state index in [9.17, 15) is 4.39 Å². The van der Waals surface area contributed by atoms with Gasteiger partial charge in [-0.1, -0.05) is 0 Å². The molecule has 0 saturated carbocycles.